The van der Waals surface area contributed by atoms with Gasteiger partial charge < -0.3 is 20.3 Å². The lowest BCUT2D eigenvalue weighted by molar-refractivity contribution is 0.0992. The Morgan fingerprint density at radius 2 is 2.23 bits per heavy atom. The molecular weight excluding hydrogens is 276 g/mol. The Labute approximate surface area is 132 Å². The molecule has 2 aliphatic heterocycles. The average Bonchev–Trinajstić information content (AvgIpc) is 3.14. The van der Waals surface area contributed by atoms with E-state index >= 15 is 0 Å². The number of nitrogens with one attached hydrogen (secondary N) is 2. The molecule has 22 heavy (non-hydrogen) atoms. The highest BCUT2D eigenvalue weighted by molar-refractivity contribution is 5.80. The number of nitrogens with zero attached hydrogens (tertiary/aromatic N) is 2. The molecule has 0 radical (unpaired) electrons. The minimum absolute atomic E-state index is 0.362. The van der Waals surface area contributed by atoms with Crippen molar-refractivity contribution in [2.45, 2.75) is 44.1 Å². The SMILES string of the molecule is CN=C(NCc1cccc(N(C)C)c1)NC1CC2CCC1O2. The van der Waals surface area contributed by atoms with Crippen LogP contribution in [0.5, 0.6) is 0 Å². The summed E-state index contributed by atoms with van der Waals surface area (Å²) < 4.78 is 5.88. The zero-order chi connectivity index (χ0) is 15.5. The molecule has 2 fully saturated rings. The van der Waals surface area contributed by atoms with Crippen LogP contribution in [0.1, 0.15) is 24.8 Å². The number of guanidine groups is 1. The lowest BCUT2D eigenvalue weighted by Crippen LogP contribution is -2.47. The predicted octanol–water partition coefficient (Wildman–Crippen LogP) is 1.74. The fourth-order valence-electron chi connectivity index (χ4n) is 3.29. The minimum atomic E-state index is 0.362. The summed E-state index contributed by atoms with van der Waals surface area (Å²) in [6, 6.07) is 8.93. The van der Waals surface area contributed by atoms with E-state index in [1.807, 2.05) is 7.05 Å². The van der Waals surface area contributed by atoms with Crippen LogP contribution < -0.4 is 15.5 Å². The van der Waals surface area contributed by atoms with Crippen LogP contribution in [0.15, 0.2) is 29.3 Å². The van der Waals surface area contributed by atoms with Gasteiger partial charge in [0.2, 0.25) is 0 Å². The molecule has 5 heteroatoms. The number of hydrogen-bond acceptors (Lipinski definition) is 3. The van der Waals surface area contributed by atoms with Crippen molar-refractivity contribution in [3.63, 3.8) is 0 Å². The first-order valence-corrected chi connectivity index (χ1v) is 8.04. The number of aliphatic imine (C=N–C) groups is 1. The minimum Gasteiger partial charge on any atom is -0.378 e. The maximum atomic E-state index is 5.88. The molecule has 5 nitrogen and oxygen atoms in total. The van der Waals surface area contributed by atoms with Crippen molar-refractivity contribution in [3.8, 4) is 0 Å². The first-order chi connectivity index (χ1) is 10.7. The molecule has 0 aromatic heterocycles. The number of fused-ring (bicyclic) bond motifs is 2. The summed E-state index contributed by atoms with van der Waals surface area (Å²) in [5, 5.41) is 6.91. The van der Waals surface area contributed by atoms with E-state index in [1.165, 1.54) is 24.1 Å². The third-order valence-corrected chi connectivity index (χ3v) is 4.54. The van der Waals surface area contributed by atoms with Crippen molar-refractivity contribution in [1.29, 1.82) is 0 Å². The van der Waals surface area contributed by atoms with E-state index in [0.717, 1.165) is 18.9 Å². The molecule has 0 aliphatic carbocycles. The van der Waals surface area contributed by atoms with Crippen molar-refractivity contribution in [1.82, 2.24) is 10.6 Å². The number of ether oxygens (including phenoxy) is 1. The fourth-order valence-corrected chi connectivity index (χ4v) is 3.29. The van der Waals surface area contributed by atoms with E-state index in [0.29, 0.717) is 18.2 Å². The van der Waals surface area contributed by atoms with Crippen LogP contribution in [0.25, 0.3) is 0 Å². The van der Waals surface area contributed by atoms with Crippen molar-refractivity contribution < 1.29 is 4.74 Å². The topological polar surface area (TPSA) is 48.9 Å². The van der Waals surface area contributed by atoms with Gasteiger partial charge in [-0.25, -0.2) is 0 Å². The lowest BCUT2D eigenvalue weighted by atomic mass is 9.96. The molecule has 0 spiro atoms. The van der Waals surface area contributed by atoms with Crippen LogP contribution in [0.3, 0.4) is 0 Å². The summed E-state index contributed by atoms with van der Waals surface area (Å²) in [6.45, 7) is 0.767. The molecule has 1 aromatic carbocycles. The normalized spacial score (nSPS) is 27.0. The Hall–Kier alpha value is -1.75. The molecule has 2 aliphatic rings. The van der Waals surface area contributed by atoms with Crippen LogP contribution in [-0.4, -0.2) is 45.4 Å². The molecule has 3 unspecified atom stereocenters. The predicted molar refractivity (Wildman–Crippen MR) is 90.4 cm³/mol. The number of hydrogen-bond donors (Lipinski definition) is 2. The van der Waals surface area contributed by atoms with Gasteiger partial charge in [-0.1, -0.05) is 12.1 Å². The van der Waals surface area contributed by atoms with Gasteiger partial charge in [-0.05, 0) is 37.0 Å². The summed E-state index contributed by atoms with van der Waals surface area (Å²) >= 11 is 0. The van der Waals surface area contributed by atoms with E-state index in [9.17, 15) is 0 Å². The van der Waals surface area contributed by atoms with Crippen molar-refractivity contribution >= 4 is 11.6 Å². The van der Waals surface area contributed by atoms with Crippen molar-refractivity contribution in [2.24, 2.45) is 4.99 Å². The summed E-state index contributed by atoms with van der Waals surface area (Å²) in [6.07, 6.45) is 4.30. The highest BCUT2D eigenvalue weighted by Gasteiger charge is 2.41. The molecule has 0 amide bonds. The number of benzene rings is 1. The lowest BCUT2D eigenvalue weighted by Gasteiger charge is -2.22. The van der Waals surface area contributed by atoms with Gasteiger partial charge in [0.25, 0.3) is 0 Å². The summed E-state index contributed by atoms with van der Waals surface area (Å²) in [7, 11) is 5.93. The van der Waals surface area contributed by atoms with Crippen molar-refractivity contribution in [3.05, 3.63) is 29.8 Å². The number of rotatable bonds is 4. The van der Waals surface area contributed by atoms with E-state index in [2.05, 4.69) is 58.9 Å². The summed E-state index contributed by atoms with van der Waals surface area (Å²) in [4.78, 5) is 6.45. The van der Waals surface area contributed by atoms with Gasteiger partial charge in [-0.3, -0.25) is 4.99 Å². The zero-order valence-electron chi connectivity index (χ0n) is 13.7. The Morgan fingerprint density at radius 1 is 1.36 bits per heavy atom. The van der Waals surface area contributed by atoms with Crippen LogP contribution >= 0.6 is 0 Å². The molecule has 120 valence electrons. The smallest absolute Gasteiger partial charge is 0.191 e. The fraction of sp³-hybridized carbons (Fsp3) is 0.588. The van der Waals surface area contributed by atoms with Gasteiger partial charge in [0.05, 0.1) is 18.2 Å². The first-order valence-electron chi connectivity index (χ1n) is 8.04. The van der Waals surface area contributed by atoms with Gasteiger partial charge in [-0.15, -0.1) is 0 Å². The molecule has 0 saturated carbocycles. The maximum absolute atomic E-state index is 5.88. The van der Waals surface area contributed by atoms with E-state index < -0.39 is 0 Å². The molecular formula is C17H26N4O. The third-order valence-electron chi connectivity index (χ3n) is 4.54. The highest BCUT2D eigenvalue weighted by Crippen LogP contribution is 2.34. The molecule has 1 aromatic rings. The Kier molecular flexibility index (Phi) is 4.52. The van der Waals surface area contributed by atoms with Crippen molar-refractivity contribution in [2.75, 3.05) is 26.0 Å². The second-order valence-electron chi connectivity index (χ2n) is 6.35. The van der Waals surface area contributed by atoms with Crippen LogP contribution in [-0.2, 0) is 11.3 Å². The molecule has 2 N–H and O–H groups in total. The third kappa shape index (κ3) is 3.35. The second-order valence-corrected chi connectivity index (χ2v) is 6.35. The van der Waals surface area contributed by atoms with Crippen LogP contribution in [0.2, 0.25) is 0 Å². The first kappa shape index (κ1) is 15.2. The number of anilines is 1. The van der Waals surface area contributed by atoms with Gasteiger partial charge in [0.15, 0.2) is 5.96 Å². The van der Waals surface area contributed by atoms with Gasteiger partial charge >= 0.3 is 0 Å². The molecule has 3 rings (SSSR count). The van der Waals surface area contributed by atoms with Crippen LogP contribution in [0.4, 0.5) is 5.69 Å². The molecule has 3 atom stereocenters. The van der Waals surface area contributed by atoms with Crippen LogP contribution in [0, 0.1) is 0 Å². The van der Waals surface area contributed by atoms with E-state index in [-0.39, 0.29) is 0 Å². The van der Waals surface area contributed by atoms with E-state index in [4.69, 9.17) is 4.74 Å². The maximum Gasteiger partial charge on any atom is 0.191 e. The van der Waals surface area contributed by atoms with Gasteiger partial charge in [0.1, 0.15) is 0 Å². The highest BCUT2D eigenvalue weighted by atomic mass is 16.5. The quantitative estimate of drug-likeness (QED) is 0.657. The molecule has 2 bridgehead atoms. The Bertz CT molecular complexity index is 543. The molecule has 2 saturated heterocycles. The standard InChI is InChI=1S/C17H26N4O/c1-18-17(20-15-10-14-7-8-16(15)22-14)19-11-12-5-4-6-13(9-12)21(2)3/h4-6,9,14-16H,7-8,10-11H2,1-3H3,(H2,18,19,20). The Morgan fingerprint density at radius 3 is 2.86 bits per heavy atom. The van der Waals surface area contributed by atoms with Gasteiger partial charge in [0, 0.05) is 33.4 Å². The Balaban J connectivity index is 1.54. The largest absolute Gasteiger partial charge is 0.378 e. The zero-order valence-corrected chi connectivity index (χ0v) is 13.7. The molecule has 2 heterocycles. The monoisotopic (exact) mass is 302 g/mol. The second kappa shape index (κ2) is 6.57. The van der Waals surface area contributed by atoms with Gasteiger partial charge in [-0.2, -0.15) is 0 Å². The van der Waals surface area contributed by atoms with E-state index in [1.54, 1.807) is 0 Å². The summed E-state index contributed by atoms with van der Waals surface area (Å²) in [5.74, 6) is 0.858. The summed E-state index contributed by atoms with van der Waals surface area (Å²) in [5.41, 5.74) is 2.46. The average molecular weight is 302 g/mol.